The lowest BCUT2D eigenvalue weighted by atomic mass is 9.86. The van der Waals surface area contributed by atoms with Crippen molar-refractivity contribution in [1.82, 2.24) is 19.9 Å². The lowest BCUT2D eigenvalue weighted by molar-refractivity contribution is 0.0850. The molecule has 0 bridgehead atoms. The summed E-state index contributed by atoms with van der Waals surface area (Å²) in [6.45, 7) is 4.01. The SMILES string of the molecule is Cc1nc2cc(-c3cc(-c4ccc(C5CCOCC5)c(CN(C)C)c4)c(F)nc3N)ccc2c(=O)[nH]1. The molecule has 0 spiro atoms. The van der Waals surface area contributed by atoms with Crippen LogP contribution < -0.4 is 11.3 Å². The van der Waals surface area contributed by atoms with Gasteiger partial charge in [0.1, 0.15) is 11.6 Å². The number of H-pyrrole nitrogens is 1. The number of ether oxygens (including phenoxy) is 1. The van der Waals surface area contributed by atoms with Crippen LogP contribution in [0.15, 0.2) is 47.3 Å². The van der Waals surface area contributed by atoms with Crippen molar-refractivity contribution in [1.29, 1.82) is 0 Å². The Labute approximate surface area is 209 Å². The summed E-state index contributed by atoms with van der Waals surface area (Å²) in [6.07, 6.45) is 1.97. The molecule has 1 aliphatic heterocycles. The van der Waals surface area contributed by atoms with Gasteiger partial charge in [0.25, 0.3) is 5.56 Å². The molecule has 2 aromatic carbocycles. The van der Waals surface area contributed by atoms with E-state index in [9.17, 15) is 4.79 Å². The number of hydrogen-bond acceptors (Lipinski definition) is 6. The average molecular weight is 488 g/mol. The van der Waals surface area contributed by atoms with Crippen LogP contribution >= 0.6 is 0 Å². The van der Waals surface area contributed by atoms with Gasteiger partial charge >= 0.3 is 0 Å². The van der Waals surface area contributed by atoms with E-state index in [-0.39, 0.29) is 11.4 Å². The Morgan fingerprint density at radius 3 is 2.53 bits per heavy atom. The van der Waals surface area contributed by atoms with Gasteiger partial charge in [0, 0.05) is 30.9 Å². The molecular weight excluding hydrogens is 457 g/mol. The Morgan fingerprint density at radius 2 is 1.78 bits per heavy atom. The second kappa shape index (κ2) is 9.79. The highest BCUT2D eigenvalue weighted by atomic mass is 19.1. The third kappa shape index (κ3) is 4.74. The zero-order chi connectivity index (χ0) is 25.4. The van der Waals surface area contributed by atoms with Crippen molar-refractivity contribution in [3.63, 3.8) is 0 Å². The summed E-state index contributed by atoms with van der Waals surface area (Å²) in [7, 11) is 4.06. The van der Waals surface area contributed by atoms with Crippen LogP contribution in [0.2, 0.25) is 0 Å². The fourth-order valence-corrected chi connectivity index (χ4v) is 5.02. The number of nitrogens with two attached hydrogens (primary N) is 1. The normalized spacial score (nSPS) is 14.6. The second-order valence-electron chi connectivity index (χ2n) is 9.68. The Hall–Kier alpha value is -3.62. The molecule has 0 atom stereocenters. The van der Waals surface area contributed by atoms with Gasteiger partial charge in [-0.3, -0.25) is 4.79 Å². The molecule has 0 unspecified atom stereocenters. The molecule has 7 nitrogen and oxygen atoms in total. The summed E-state index contributed by atoms with van der Waals surface area (Å²) in [6, 6.07) is 13.2. The molecule has 1 aliphatic rings. The van der Waals surface area contributed by atoms with E-state index in [2.05, 4.69) is 32.0 Å². The molecule has 4 aromatic rings. The number of nitrogens with zero attached hydrogens (tertiary/aromatic N) is 3. The molecule has 5 rings (SSSR count). The summed E-state index contributed by atoms with van der Waals surface area (Å²) in [4.78, 5) is 25.6. The maximum absolute atomic E-state index is 15.2. The van der Waals surface area contributed by atoms with E-state index >= 15 is 4.39 Å². The summed E-state index contributed by atoms with van der Waals surface area (Å²) in [5, 5.41) is 0.482. The van der Waals surface area contributed by atoms with E-state index in [0.717, 1.165) is 43.7 Å². The van der Waals surface area contributed by atoms with Crippen molar-refractivity contribution < 1.29 is 9.13 Å². The van der Waals surface area contributed by atoms with Gasteiger partial charge in [-0.25, -0.2) is 9.97 Å². The van der Waals surface area contributed by atoms with Gasteiger partial charge in [0.05, 0.1) is 10.9 Å². The number of aromatic nitrogens is 3. The lowest BCUT2D eigenvalue weighted by Crippen LogP contribution is -2.18. The molecule has 3 N–H and O–H groups in total. The predicted molar refractivity (Wildman–Crippen MR) is 140 cm³/mol. The van der Waals surface area contributed by atoms with Gasteiger partial charge in [-0.1, -0.05) is 18.2 Å². The van der Waals surface area contributed by atoms with Crippen molar-refractivity contribution in [2.24, 2.45) is 0 Å². The molecule has 3 heterocycles. The molecular formula is C28H30FN5O2. The molecule has 8 heteroatoms. The van der Waals surface area contributed by atoms with Crippen molar-refractivity contribution in [2.75, 3.05) is 33.0 Å². The number of nitrogens with one attached hydrogen (secondary N) is 1. The zero-order valence-corrected chi connectivity index (χ0v) is 20.8. The smallest absolute Gasteiger partial charge is 0.258 e. The quantitative estimate of drug-likeness (QED) is 0.398. The summed E-state index contributed by atoms with van der Waals surface area (Å²) < 4.78 is 20.7. The standard InChI is InChI=1S/C28H30FN5O2/c1-16-31-25-13-19(5-7-22(25)28(35)32-16)24-14-23(26(29)33-27(24)30)18-4-6-21(17-8-10-36-11-9-17)20(12-18)15-34(2)3/h4-7,12-14,17H,8-11,15H2,1-3H3,(H2,30,33)(H,31,32,35). The highest BCUT2D eigenvalue weighted by Gasteiger charge is 2.21. The number of aryl methyl sites for hydroxylation is 1. The van der Waals surface area contributed by atoms with Crippen LogP contribution in [0.4, 0.5) is 10.2 Å². The monoisotopic (exact) mass is 487 g/mol. The van der Waals surface area contributed by atoms with Gasteiger partial charge in [-0.05, 0) is 86.3 Å². The maximum Gasteiger partial charge on any atom is 0.258 e. The number of rotatable bonds is 5. The number of halogens is 1. The summed E-state index contributed by atoms with van der Waals surface area (Å²) in [5.41, 5.74) is 11.4. The Bertz CT molecular complexity index is 1490. The molecule has 0 aliphatic carbocycles. The Morgan fingerprint density at radius 1 is 1.06 bits per heavy atom. The number of hydrogen-bond donors (Lipinski definition) is 2. The van der Waals surface area contributed by atoms with E-state index < -0.39 is 5.95 Å². The minimum Gasteiger partial charge on any atom is -0.383 e. The fourth-order valence-electron chi connectivity index (χ4n) is 5.02. The van der Waals surface area contributed by atoms with Crippen LogP contribution in [0.25, 0.3) is 33.2 Å². The molecule has 1 fully saturated rings. The third-order valence-electron chi connectivity index (χ3n) is 6.74. The first kappa shape index (κ1) is 24.1. The van der Waals surface area contributed by atoms with Crippen LogP contribution in [0, 0.1) is 12.9 Å². The first-order valence-electron chi connectivity index (χ1n) is 12.1. The molecule has 2 aromatic heterocycles. The lowest BCUT2D eigenvalue weighted by Gasteiger charge is -2.26. The molecule has 0 saturated carbocycles. The van der Waals surface area contributed by atoms with E-state index in [1.54, 1.807) is 31.2 Å². The van der Waals surface area contributed by atoms with Crippen LogP contribution in [0.5, 0.6) is 0 Å². The maximum atomic E-state index is 15.2. The molecule has 1 saturated heterocycles. The Kier molecular flexibility index (Phi) is 6.55. The van der Waals surface area contributed by atoms with Crippen molar-refractivity contribution in [3.05, 3.63) is 75.7 Å². The largest absolute Gasteiger partial charge is 0.383 e. The third-order valence-corrected chi connectivity index (χ3v) is 6.74. The number of pyridine rings is 1. The minimum absolute atomic E-state index is 0.0875. The molecule has 0 amide bonds. The minimum atomic E-state index is -0.614. The van der Waals surface area contributed by atoms with Gasteiger partial charge in [-0.15, -0.1) is 0 Å². The fraction of sp³-hybridized carbons (Fsp3) is 0.321. The molecule has 36 heavy (non-hydrogen) atoms. The number of nitrogen functional groups attached to an aromatic ring is 1. The topological polar surface area (TPSA) is 97.1 Å². The highest BCUT2D eigenvalue weighted by Crippen LogP contribution is 2.36. The first-order chi connectivity index (χ1) is 17.3. The summed E-state index contributed by atoms with van der Waals surface area (Å²) in [5.74, 6) is 0.430. The van der Waals surface area contributed by atoms with Gasteiger partial charge in [0.2, 0.25) is 5.95 Å². The molecule has 0 radical (unpaired) electrons. The van der Waals surface area contributed by atoms with Gasteiger partial charge < -0.3 is 20.4 Å². The van der Waals surface area contributed by atoms with Crippen molar-refractivity contribution >= 4 is 16.7 Å². The molecule has 186 valence electrons. The zero-order valence-electron chi connectivity index (χ0n) is 20.8. The second-order valence-corrected chi connectivity index (χ2v) is 9.68. The van der Waals surface area contributed by atoms with Crippen molar-refractivity contribution in [3.8, 4) is 22.3 Å². The highest BCUT2D eigenvalue weighted by molar-refractivity contribution is 5.87. The van der Waals surface area contributed by atoms with Crippen LogP contribution in [0.3, 0.4) is 0 Å². The number of aromatic amines is 1. The summed E-state index contributed by atoms with van der Waals surface area (Å²) >= 11 is 0. The Balaban J connectivity index is 1.60. The number of benzene rings is 2. The van der Waals surface area contributed by atoms with Crippen LogP contribution in [-0.2, 0) is 11.3 Å². The van der Waals surface area contributed by atoms with E-state index in [4.69, 9.17) is 10.5 Å². The van der Waals surface area contributed by atoms with Crippen LogP contribution in [-0.4, -0.2) is 47.2 Å². The number of fused-ring (bicyclic) bond motifs is 1. The van der Waals surface area contributed by atoms with Gasteiger partial charge in [-0.2, -0.15) is 4.39 Å². The van der Waals surface area contributed by atoms with E-state index in [1.165, 1.54) is 11.1 Å². The van der Waals surface area contributed by atoms with Crippen LogP contribution in [0.1, 0.15) is 35.7 Å². The first-order valence-corrected chi connectivity index (χ1v) is 12.1. The number of anilines is 1. The van der Waals surface area contributed by atoms with E-state index in [0.29, 0.717) is 33.8 Å². The predicted octanol–water partition coefficient (Wildman–Crippen LogP) is 4.64. The van der Waals surface area contributed by atoms with Gasteiger partial charge in [0.15, 0.2) is 0 Å². The van der Waals surface area contributed by atoms with E-state index in [1.807, 2.05) is 20.2 Å². The van der Waals surface area contributed by atoms with Crippen molar-refractivity contribution in [2.45, 2.75) is 32.2 Å². The average Bonchev–Trinajstić information content (AvgIpc) is 2.84.